The monoisotopic (exact) mass is 365 g/mol. The Morgan fingerprint density at radius 2 is 2.12 bits per heavy atom. The van der Waals surface area contributed by atoms with Crippen molar-refractivity contribution in [1.29, 1.82) is 0 Å². The van der Waals surface area contributed by atoms with Crippen LogP contribution in [-0.2, 0) is 15.1 Å². The molecular formula is C20H25F2NO3. The molecule has 2 aliphatic rings. The summed E-state index contributed by atoms with van der Waals surface area (Å²) < 4.78 is 32.8. The Labute approximate surface area is 152 Å². The number of halogens is 2. The lowest BCUT2D eigenvalue weighted by molar-refractivity contribution is -0.174. The fourth-order valence-electron chi connectivity index (χ4n) is 3.80. The smallest absolute Gasteiger partial charge is 0.343 e. The predicted octanol–water partition coefficient (Wildman–Crippen LogP) is 3.16. The minimum Gasteiger partial charge on any atom is -0.463 e. The molecule has 1 fully saturated rings. The summed E-state index contributed by atoms with van der Waals surface area (Å²) in [5.41, 5.74) is -0.523. The molecule has 1 aromatic rings. The molecule has 0 aromatic heterocycles. The highest BCUT2D eigenvalue weighted by Gasteiger charge is 2.54. The Hall–Kier alpha value is -1.79. The van der Waals surface area contributed by atoms with Crippen molar-refractivity contribution in [2.75, 3.05) is 19.7 Å². The number of carbonyl (C=O) groups is 1. The molecule has 1 aliphatic carbocycles. The second kappa shape index (κ2) is 7.84. The van der Waals surface area contributed by atoms with E-state index in [0.717, 1.165) is 19.5 Å². The van der Waals surface area contributed by atoms with E-state index in [1.165, 1.54) is 5.57 Å². The first kappa shape index (κ1) is 19.0. The number of alkyl halides is 2. The first-order chi connectivity index (χ1) is 12.4. The molecule has 1 heterocycles. The molecule has 1 aliphatic heterocycles. The normalized spacial score (nSPS) is 24.6. The number of benzene rings is 1. The van der Waals surface area contributed by atoms with Gasteiger partial charge in [0.15, 0.2) is 5.60 Å². The Balaban J connectivity index is 1.73. The van der Waals surface area contributed by atoms with Gasteiger partial charge >= 0.3 is 5.97 Å². The third-order valence-electron chi connectivity index (χ3n) is 5.33. The van der Waals surface area contributed by atoms with E-state index in [9.17, 15) is 18.7 Å². The summed E-state index contributed by atoms with van der Waals surface area (Å²) in [6.45, 7) is 1.84. The first-order valence-electron chi connectivity index (χ1n) is 9.13. The van der Waals surface area contributed by atoms with Gasteiger partial charge in [0.05, 0.1) is 6.61 Å². The van der Waals surface area contributed by atoms with E-state index >= 15 is 0 Å². The number of aliphatic hydroxyl groups is 1. The third-order valence-corrected chi connectivity index (χ3v) is 5.33. The molecule has 2 N–H and O–H groups in total. The number of hydrogen-bond donors (Lipinski definition) is 2. The van der Waals surface area contributed by atoms with Crippen LogP contribution in [0.2, 0.25) is 0 Å². The van der Waals surface area contributed by atoms with Gasteiger partial charge in [0.25, 0.3) is 0 Å². The van der Waals surface area contributed by atoms with Crippen molar-refractivity contribution < 1.29 is 23.4 Å². The third kappa shape index (κ3) is 4.13. The zero-order valence-corrected chi connectivity index (χ0v) is 14.7. The summed E-state index contributed by atoms with van der Waals surface area (Å²) in [6, 6.07) is 8.29. The van der Waals surface area contributed by atoms with Crippen molar-refractivity contribution >= 4 is 5.97 Å². The van der Waals surface area contributed by atoms with Crippen LogP contribution in [0.25, 0.3) is 0 Å². The molecule has 0 amide bonds. The van der Waals surface area contributed by atoms with E-state index < -0.39 is 29.8 Å². The summed E-state index contributed by atoms with van der Waals surface area (Å²) >= 11 is 0. The van der Waals surface area contributed by atoms with E-state index in [-0.39, 0.29) is 19.4 Å². The molecule has 4 nitrogen and oxygen atoms in total. The van der Waals surface area contributed by atoms with Crippen molar-refractivity contribution in [2.24, 2.45) is 5.92 Å². The number of nitrogens with one attached hydrogen (secondary N) is 1. The van der Waals surface area contributed by atoms with Crippen LogP contribution in [0, 0.1) is 5.92 Å². The SMILES string of the molecule is O=C(OCCC1=CCNCC1)[C@](O)(c1ccccc1)[C@@H]1CCC(F)(F)C1. The van der Waals surface area contributed by atoms with Crippen molar-refractivity contribution in [1.82, 2.24) is 5.32 Å². The number of rotatable bonds is 6. The van der Waals surface area contributed by atoms with Gasteiger partial charge in [0.1, 0.15) is 0 Å². The molecular weight excluding hydrogens is 340 g/mol. The van der Waals surface area contributed by atoms with Crippen LogP contribution in [0.4, 0.5) is 8.78 Å². The number of ether oxygens (including phenoxy) is 1. The molecule has 0 unspecified atom stereocenters. The van der Waals surface area contributed by atoms with Crippen LogP contribution < -0.4 is 5.32 Å². The largest absolute Gasteiger partial charge is 0.463 e. The Morgan fingerprint density at radius 3 is 2.73 bits per heavy atom. The van der Waals surface area contributed by atoms with Crippen LogP contribution in [0.15, 0.2) is 42.0 Å². The highest BCUT2D eigenvalue weighted by atomic mass is 19.3. The van der Waals surface area contributed by atoms with Crippen LogP contribution in [-0.4, -0.2) is 36.7 Å². The van der Waals surface area contributed by atoms with Crippen LogP contribution in [0.5, 0.6) is 0 Å². The van der Waals surface area contributed by atoms with Crippen LogP contribution in [0.1, 0.15) is 37.7 Å². The van der Waals surface area contributed by atoms with Crippen molar-refractivity contribution in [2.45, 2.75) is 43.6 Å². The van der Waals surface area contributed by atoms with E-state index in [4.69, 9.17) is 4.74 Å². The van der Waals surface area contributed by atoms with Gasteiger partial charge in [-0.15, -0.1) is 0 Å². The Bertz CT molecular complexity index is 662. The maximum absolute atomic E-state index is 13.7. The van der Waals surface area contributed by atoms with E-state index in [2.05, 4.69) is 11.4 Å². The molecule has 1 aromatic carbocycles. The van der Waals surface area contributed by atoms with E-state index in [1.807, 2.05) is 0 Å². The number of esters is 1. The lowest BCUT2D eigenvalue weighted by Crippen LogP contribution is -2.44. The fourth-order valence-corrected chi connectivity index (χ4v) is 3.80. The van der Waals surface area contributed by atoms with Gasteiger partial charge in [-0.1, -0.05) is 42.0 Å². The van der Waals surface area contributed by atoms with E-state index in [0.29, 0.717) is 12.0 Å². The highest BCUT2D eigenvalue weighted by molar-refractivity contribution is 5.81. The topological polar surface area (TPSA) is 58.6 Å². The Morgan fingerprint density at radius 1 is 1.35 bits per heavy atom. The molecule has 0 bridgehead atoms. The van der Waals surface area contributed by atoms with Gasteiger partial charge in [-0.3, -0.25) is 0 Å². The van der Waals surface area contributed by atoms with Crippen molar-refractivity contribution in [3.05, 3.63) is 47.5 Å². The zero-order chi connectivity index (χ0) is 18.6. The van der Waals surface area contributed by atoms with Gasteiger partial charge in [-0.2, -0.15) is 0 Å². The molecule has 0 spiro atoms. The van der Waals surface area contributed by atoms with E-state index in [1.54, 1.807) is 30.3 Å². The lowest BCUT2D eigenvalue weighted by Gasteiger charge is -2.32. The zero-order valence-electron chi connectivity index (χ0n) is 14.7. The van der Waals surface area contributed by atoms with Crippen molar-refractivity contribution in [3.63, 3.8) is 0 Å². The van der Waals surface area contributed by atoms with Crippen LogP contribution in [0.3, 0.4) is 0 Å². The summed E-state index contributed by atoms with van der Waals surface area (Å²) in [4.78, 5) is 12.8. The quantitative estimate of drug-likeness (QED) is 0.601. The highest BCUT2D eigenvalue weighted by Crippen LogP contribution is 2.47. The summed E-state index contributed by atoms with van der Waals surface area (Å²) in [5, 5.41) is 14.4. The number of carbonyl (C=O) groups excluding carboxylic acids is 1. The predicted molar refractivity (Wildman–Crippen MR) is 93.8 cm³/mol. The average molecular weight is 365 g/mol. The summed E-state index contributed by atoms with van der Waals surface area (Å²) in [7, 11) is 0. The molecule has 6 heteroatoms. The summed E-state index contributed by atoms with van der Waals surface area (Å²) in [5.74, 6) is -4.54. The second-order valence-corrected chi connectivity index (χ2v) is 7.13. The van der Waals surface area contributed by atoms with Crippen LogP contribution >= 0.6 is 0 Å². The summed E-state index contributed by atoms with van der Waals surface area (Å²) in [6.07, 6.45) is 2.82. The number of hydrogen-bond acceptors (Lipinski definition) is 4. The minimum absolute atomic E-state index is 0.0876. The molecule has 3 rings (SSSR count). The molecule has 26 heavy (non-hydrogen) atoms. The molecule has 142 valence electrons. The molecule has 2 atom stereocenters. The van der Waals surface area contributed by atoms with Gasteiger partial charge in [-0.05, 0) is 24.9 Å². The molecule has 1 saturated carbocycles. The molecule has 0 saturated heterocycles. The minimum atomic E-state index is -2.85. The lowest BCUT2D eigenvalue weighted by atomic mass is 9.80. The van der Waals surface area contributed by atoms with Gasteiger partial charge in [-0.25, -0.2) is 13.6 Å². The first-order valence-corrected chi connectivity index (χ1v) is 9.13. The average Bonchev–Trinajstić information content (AvgIpc) is 3.03. The standard InChI is InChI=1S/C20H25F2NO3/c21-19(22)10-6-17(14-19)20(25,16-4-2-1-3-5-16)18(24)26-13-9-15-7-11-23-12-8-15/h1-5,7,17,23,25H,6,8-14H2/t17-,20+/m1/s1. The maximum Gasteiger partial charge on any atom is 0.343 e. The Kier molecular flexibility index (Phi) is 5.73. The van der Waals surface area contributed by atoms with Gasteiger partial charge in [0.2, 0.25) is 5.92 Å². The van der Waals surface area contributed by atoms with Gasteiger partial charge in [0, 0.05) is 31.7 Å². The maximum atomic E-state index is 13.7. The molecule has 0 radical (unpaired) electrons. The van der Waals surface area contributed by atoms with Gasteiger partial charge < -0.3 is 15.2 Å². The van der Waals surface area contributed by atoms with Crippen molar-refractivity contribution in [3.8, 4) is 0 Å². The fraction of sp³-hybridized carbons (Fsp3) is 0.550. The second-order valence-electron chi connectivity index (χ2n) is 7.13.